The molecule has 1 aliphatic heterocycles. The van der Waals surface area contributed by atoms with E-state index in [0.717, 1.165) is 11.1 Å². The average molecular weight is 405 g/mol. The molecule has 7 heteroatoms. The van der Waals surface area contributed by atoms with Crippen LogP contribution in [-0.2, 0) is 14.8 Å². The lowest BCUT2D eigenvalue weighted by atomic mass is 9.96. The number of carbonyl (C=O) groups is 1. The fourth-order valence-electron chi connectivity index (χ4n) is 3.38. The smallest absolute Gasteiger partial charge is 0.243 e. The molecule has 1 saturated heterocycles. The maximum Gasteiger partial charge on any atom is 0.243 e. The van der Waals surface area contributed by atoms with Gasteiger partial charge in [-0.2, -0.15) is 4.31 Å². The number of nitrogens with zero attached hydrogens (tertiary/aromatic N) is 1. The molecule has 0 aliphatic carbocycles. The van der Waals surface area contributed by atoms with E-state index in [-0.39, 0.29) is 28.6 Å². The summed E-state index contributed by atoms with van der Waals surface area (Å²) >= 11 is 0. The van der Waals surface area contributed by atoms with Crippen molar-refractivity contribution in [2.45, 2.75) is 37.6 Å². The van der Waals surface area contributed by atoms with Gasteiger partial charge < -0.3 is 5.32 Å². The van der Waals surface area contributed by atoms with Crippen LogP contribution in [0.2, 0.25) is 0 Å². The molecule has 0 radical (unpaired) electrons. The Labute approximate surface area is 165 Å². The summed E-state index contributed by atoms with van der Waals surface area (Å²) < 4.78 is 40.0. The van der Waals surface area contributed by atoms with E-state index in [2.05, 4.69) is 5.32 Å². The van der Waals surface area contributed by atoms with Gasteiger partial charge in [-0.05, 0) is 56.5 Å². The second kappa shape index (κ2) is 8.41. The van der Waals surface area contributed by atoms with Gasteiger partial charge in [0.15, 0.2) is 0 Å². The van der Waals surface area contributed by atoms with E-state index in [1.807, 2.05) is 13.8 Å². The first-order valence-electron chi connectivity index (χ1n) is 9.40. The third-order valence-electron chi connectivity index (χ3n) is 5.21. The molecule has 150 valence electrons. The summed E-state index contributed by atoms with van der Waals surface area (Å²) in [6, 6.07) is 12.6. The number of nitrogens with one attached hydrogen (secondary N) is 1. The Morgan fingerprint density at radius 1 is 1.07 bits per heavy atom. The zero-order chi connectivity index (χ0) is 20.3. The predicted molar refractivity (Wildman–Crippen MR) is 106 cm³/mol. The van der Waals surface area contributed by atoms with Gasteiger partial charge in [-0.3, -0.25) is 4.79 Å². The van der Waals surface area contributed by atoms with Crippen LogP contribution in [0.4, 0.5) is 4.39 Å². The van der Waals surface area contributed by atoms with Crippen LogP contribution in [0.1, 0.15) is 36.9 Å². The molecule has 2 aromatic carbocycles. The molecular formula is C21H25FN2O3S. The first-order chi connectivity index (χ1) is 13.3. The van der Waals surface area contributed by atoms with Crippen molar-refractivity contribution in [3.8, 4) is 0 Å². The van der Waals surface area contributed by atoms with Gasteiger partial charge in [0.25, 0.3) is 0 Å². The Balaban J connectivity index is 1.57. The lowest BCUT2D eigenvalue weighted by Crippen LogP contribution is -2.43. The highest BCUT2D eigenvalue weighted by molar-refractivity contribution is 7.89. The quantitative estimate of drug-likeness (QED) is 0.830. The van der Waals surface area contributed by atoms with Gasteiger partial charge in [0.2, 0.25) is 15.9 Å². The van der Waals surface area contributed by atoms with Crippen molar-refractivity contribution in [1.29, 1.82) is 0 Å². The van der Waals surface area contributed by atoms with E-state index in [0.29, 0.717) is 25.9 Å². The number of halogens is 1. The standard InChI is InChI=1S/C21H25FN2O3S/c1-15-3-9-20(10-4-15)28(26,27)24-13-11-18(12-14-24)21(25)23-16(2)17-5-7-19(22)8-6-17/h3-10,16,18H,11-14H2,1-2H3,(H,23,25)/t16-/m1/s1. The summed E-state index contributed by atoms with van der Waals surface area (Å²) in [4.78, 5) is 12.8. The van der Waals surface area contributed by atoms with E-state index in [1.54, 1.807) is 36.4 Å². The fourth-order valence-corrected chi connectivity index (χ4v) is 4.85. The fraction of sp³-hybridized carbons (Fsp3) is 0.381. The lowest BCUT2D eigenvalue weighted by Gasteiger charge is -2.31. The minimum absolute atomic E-state index is 0.0933. The molecule has 0 spiro atoms. The van der Waals surface area contributed by atoms with Crippen LogP contribution in [0.5, 0.6) is 0 Å². The molecule has 0 bridgehead atoms. The number of hydrogen-bond donors (Lipinski definition) is 1. The molecular weight excluding hydrogens is 379 g/mol. The molecule has 0 aromatic heterocycles. The molecule has 1 fully saturated rings. The SMILES string of the molecule is Cc1ccc(S(=O)(=O)N2CCC(C(=O)N[C@H](C)c3ccc(F)cc3)CC2)cc1. The number of benzene rings is 2. The van der Waals surface area contributed by atoms with Gasteiger partial charge >= 0.3 is 0 Å². The Bertz CT molecular complexity index is 919. The highest BCUT2D eigenvalue weighted by Gasteiger charge is 2.32. The molecule has 28 heavy (non-hydrogen) atoms. The molecule has 5 nitrogen and oxygen atoms in total. The molecule has 3 rings (SSSR count). The van der Waals surface area contributed by atoms with Gasteiger partial charge in [-0.15, -0.1) is 0 Å². The van der Waals surface area contributed by atoms with E-state index in [9.17, 15) is 17.6 Å². The first-order valence-corrected chi connectivity index (χ1v) is 10.8. The maximum atomic E-state index is 13.0. The van der Waals surface area contributed by atoms with Crippen LogP contribution in [-0.4, -0.2) is 31.7 Å². The third-order valence-corrected chi connectivity index (χ3v) is 7.13. The zero-order valence-electron chi connectivity index (χ0n) is 16.1. The molecule has 1 aliphatic rings. The van der Waals surface area contributed by atoms with Gasteiger partial charge in [0, 0.05) is 19.0 Å². The van der Waals surface area contributed by atoms with Crippen molar-refractivity contribution >= 4 is 15.9 Å². The molecule has 1 atom stereocenters. The van der Waals surface area contributed by atoms with Crippen molar-refractivity contribution < 1.29 is 17.6 Å². The molecule has 0 saturated carbocycles. The number of rotatable bonds is 5. The van der Waals surface area contributed by atoms with E-state index < -0.39 is 10.0 Å². The largest absolute Gasteiger partial charge is 0.349 e. The highest BCUT2D eigenvalue weighted by Crippen LogP contribution is 2.25. The maximum absolute atomic E-state index is 13.0. The van der Waals surface area contributed by atoms with Gasteiger partial charge in [0.05, 0.1) is 10.9 Å². The predicted octanol–water partition coefficient (Wildman–Crippen LogP) is 3.41. The van der Waals surface area contributed by atoms with Crippen LogP contribution in [0.3, 0.4) is 0 Å². The van der Waals surface area contributed by atoms with Gasteiger partial charge in [-0.1, -0.05) is 29.8 Å². The van der Waals surface area contributed by atoms with E-state index in [1.165, 1.54) is 16.4 Å². The minimum atomic E-state index is -3.53. The lowest BCUT2D eigenvalue weighted by molar-refractivity contribution is -0.126. The summed E-state index contributed by atoms with van der Waals surface area (Å²) in [7, 11) is -3.53. The highest BCUT2D eigenvalue weighted by atomic mass is 32.2. The summed E-state index contributed by atoms with van der Waals surface area (Å²) in [5.74, 6) is -0.638. The molecule has 1 N–H and O–H groups in total. The number of carbonyl (C=O) groups excluding carboxylic acids is 1. The van der Waals surface area contributed by atoms with E-state index >= 15 is 0 Å². The molecule has 2 aromatic rings. The van der Waals surface area contributed by atoms with Crippen molar-refractivity contribution in [1.82, 2.24) is 9.62 Å². The second-order valence-corrected chi connectivity index (χ2v) is 9.21. The van der Waals surface area contributed by atoms with Crippen molar-refractivity contribution in [3.63, 3.8) is 0 Å². The van der Waals surface area contributed by atoms with Crippen LogP contribution >= 0.6 is 0 Å². The monoisotopic (exact) mass is 404 g/mol. The summed E-state index contributed by atoms with van der Waals surface area (Å²) in [5, 5.41) is 2.95. The minimum Gasteiger partial charge on any atom is -0.349 e. The van der Waals surface area contributed by atoms with Crippen molar-refractivity contribution in [2.24, 2.45) is 5.92 Å². The summed E-state index contributed by atoms with van der Waals surface area (Å²) in [6.07, 6.45) is 0.958. The third kappa shape index (κ3) is 4.59. The van der Waals surface area contributed by atoms with Gasteiger partial charge in [-0.25, -0.2) is 12.8 Å². The van der Waals surface area contributed by atoms with Crippen LogP contribution in [0, 0.1) is 18.7 Å². The number of hydrogen-bond acceptors (Lipinski definition) is 3. The van der Waals surface area contributed by atoms with Gasteiger partial charge in [0.1, 0.15) is 5.82 Å². The molecule has 1 heterocycles. The Morgan fingerprint density at radius 2 is 1.64 bits per heavy atom. The zero-order valence-corrected chi connectivity index (χ0v) is 16.9. The Kier molecular flexibility index (Phi) is 6.15. The summed E-state index contributed by atoms with van der Waals surface area (Å²) in [6.45, 7) is 4.40. The normalized spacial score (nSPS) is 17.2. The number of aryl methyl sites for hydroxylation is 1. The number of amides is 1. The molecule has 0 unspecified atom stereocenters. The Hall–Kier alpha value is -2.25. The molecule has 1 amide bonds. The summed E-state index contributed by atoms with van der Waals surface area (Å²) in [5.41, 5.74) is 1.83. The topological polar surface area (TPSA) is 66.5 Å². The number of piperidine rings is 1. The van der Waals surface area contributed by atoms with Crippen molar-refractivity contribution in [2.75, 3.05) is 13.1 Å². The second-order valence-electron chi connectivity index (χ2n) is 7.27. The first kappa shape index (κ1) is 20.5. The Morgan fingerprint density at radius 3 is 2.21 bits per heavy atom. The van der Waals surface area contributed by atoms with Crippen LogP contribution in [0.25, 0.3) is 0 Å². The van der Waals surface area contributed by atoms with Crippen LogP contribution < -0.4 is 5.32 Å². The average Bonchev–Trinajstić information content (AvgIpc) is 2.69. The van der Waals surface area contributed by atoms with Crippen LogP contribution in [0.15, 0.2) is 53.4 Å². The van der Waals surface area contributed by atoms with E-state index in [4.69, 9.17) is 0 Å². The number of sulfonamides is 1. The van der Waals surface area contributed by atoms with Crippen molar-refractivity contribution in [3.05, 3.63) is 65.5 Å².